The van der Waals surface area contributed by atoms with Crippen molar-refractivity contribution in [3.8, 4) is 0 Å². The van der Waals surface area contributed by atoms with E-state index in [0.29, 0.717) is 6.54 Å². The highest BCUT2D eigenvalue weighted by molar-refractivity contribution is 5.96. The number of esters is 1. The first-order chi connectivity index (χ1) is 13.1. The lowest BCUT2D eigenvalue weighted by atomic mass is 10.1. The molecule has 0 aliphatic heterocycles. The summed E-state index contributed by atoms with van der Waals surface area (Å²) in [6.45, 7) is 1.45. The van der Waals surface area contributed by atoms with Crippen LogP contribution in [0.5, 0.6) is 0 Å². The number of amides is 1. The topological polar surface area (TPSA) is 43.4 Å². The zero-order valence-corrected chi connectivity index (χ0v) is 15.2. The number of ether oxygens (including phenoxy) is 1. The second-order valence-electron chi connectivity index (χ2n) is 6.30. The van der Waals surface area contributed by atoms with Crippen molar-refractivity contribution in [2.24, 2.45) is 0 Å². The Bertz CT molecular complexity index is 853. The second kappa shape index (κ2) is 8.43. The van der Waals surface area contributed by atoms with E-state index in [9.17, 15) is 9.59 Å². The molecule has 0 N–H and O–H groups in total. The van der Waals surface area contributed by atoms with Gasteiger partial charge in [0.2, 0.25) is 6.61 Å². The van der Waals surface area contributed by atoms with Gasteiger partial charge in [-0.15, -0.1) is 0 Å². The Morgan fingerprint density at radius 2 is 1.19 bits per heavy atom. The summed E-state index contributed by atoms with van der Waals surface area (Å²) in [4.78, 5) is 24.8. The van der Waals surface area contributed by atoms with Gasteiger partial charge in [-0.25, -0.2) is 4.79 Å². The molecule has 3 aromatic rings. The fourth-order valence-electron chi connectivity index (χ4n) is 3.20. The fourth-order valence-corrected chi connectivity index (χ4v) is 3.20. The van der Waals surface area contributed by atoms with Gasteiger partial charge in [0, 0.05) is 36.8 Å². The Hall–Kier alpha value is -3.24. The highest BCUT2D eigenvalue weighted by atomic mass is 16.5. The number of benzene rings is 3. The van der Waals surface area contributed by atoms with Crippen molar-refractivity contribution in [3.63, 3.8) is 0 Å². The van der Waals surface area contributed by atoms with E-state index in [1.807, 2.05) is 91.0 Å². The Kier molecular flexibility index (Phi) is 5.79. The van der Waals surface area contributed by atoms with Crippen LogP contribution in [-0.4, -0.2) is 18.5 Å². The Morgan fingerprint density at radius 1 is 0.741 bits per heavy atom. The fraction of sp³-hybridized carbons (Fsp3) is 0.130. The highest BCUT2D eigenvalue weighted by Gasteiger charge is 2.42. The van der Waals surface area contributed by atoms with E-state index in [2.05, 4.69) is 0 Å². The summed E-state index contributed by atoms with van der Waals surface area (Å²) in [5.41, 5.74) is 2.66. The molecule has 136 valence electrons. The Balaban J connectivity index is 2.17. The zero-order chi connectivity index (χ0) is 19.1. The van der Waals surface area contributed by atoms with Crippen LogP contribution in [0.1, 0.15) is 12.5 Å². The number of hydrogen-bond donors (Lipinski definition) is 0. The van der Waals surface area contributed by atoms with Crippen molar-refractivity contribution >= 4 is 23.3 Å². The molecule has 1 amide bonds. The van der Waals surface area contributed by atoms with Crippen molar-refractivity contribution < 1.29 is 14.3 Å². The Morgan fingerprint density at radius 3 is 1.63 bits per heavy atom. The molecule has 0 saturated carbocycles. The van der Waals surface area contributed by atoms with Crippen LogP contribution in [0.15, 0.2) is 91.0 Å². The van der Waals surface area contributed by atoms with Crippen molar-refractivity contribution in [2.45, 2.75) is 13.5 Å². The molecule has 0 aliphatic carbocycles. The van der Waals surface area contributed by atoms with Crippen molar-refractivity contribution in [2.75, 3.05) is 6.61 Å². The lowest BCUT2D eigenvalue weighted by Gasteiger charge is -2.35. The van der Waals surface area contributed by atoms with Gasteiger partial charge < -0.3 is 4.74 Å². The maximum Gasteiger partial charge on any atom is 0.361 e. The summed E-state index contributed by atoms with van der Waals surface area (Å²) >= 11 is 0. The highest BCUT2D eigenvalue weighted by Crippen LogP contribution is 2.37. The van der Waals surface area contributed by atoms with Gasteiger partial charge in [-0.2, -0.15) is 4.48 Å². The van der Waals surface area contributed by atoms with Gasteiger partial charge in [-0.1, -0.05) is 66.7 Å². The van der Waals surface area contributed by atoms with Crippen molar-refractivity contribution in [1.29, 1.82) is 0 Å². The van der Waals surface area contributed by atoms with E-state index in [0.717, 1.165) is 16.9 Å². The Labute approximate surface area is 159 Å². The third kappa shape index (κ3) is 4.13. The monoisotopic (exact) mass is 360 g/mol. The minimum absolute atomic E-state index is 0.0566. The molecule has 0 atom stereocenters. The minimum Gasteiger partial charge on any atom is -0.451 e. The quantitative estimate of drug-likeness (QED) is 0.476. The molecule has 0 aromatic heterocycles. The number of carbonyl (C=O) groups is 2. The van der Waals surface area contributed by atoms with Crippen LogP contribution in [0.3, 0.4) is 0 Å². The summed E-state index contributed by atoms with van der Waals surface area (Å²) in [5.74, 6) is -0.672. The summed E-state index contributed by atoms with van der Waals surface area (Å²) in [5, 5.41) is 0. The third-order valence-corrected chi connectivity index (χ3v) is 4.48. The molecule has 0 saturated heterocycles. The van der Waals surface area contributed by atoms with Gasteiger partial charge in [-0.05, 0) is 0 Å². The summed E-state index contributed by atoms with van der Waals surface area (Å²) < 4.78 is 5.03. The van der Waals surface area contributed by atoms with E-state index in [4.69, 9.17) is 4.74 Å². The molecule has 4 heteroatoms. The molecule has 0 aliphatic rings. The van der Waals surface area contributed by atoms with Crippen molar-refractivity contribution in [3.05, 3.63) is 96.6 Å². The first-order valence-corrected chi connectivity index (χ1v) is 8.83. The SMILES string of the molecule is CC(=O)OCC(=O)[N+](Cc1ccccc1)(c1ccccc1)c1ccccc1. The first-order valence-electron chi connectivity index (χ1n) is 8.83. The molecule has 0 heterocycles. The maximum absolute atomic E-state index is 13.5. The molecule has 0 spiro atoms. The van der Waals surface area contributed by atoms with E-state index in [1.54, 1.807) is 0 Å². The number of nitrogens with zero attached hydrogens (tertiary/aromatic N) is 1. The van der Waals surface area contributed by atoms with Crippen molar-refractivity contribution in [1.82, 2.24) is 4.48 Å². The number of rotatable bonds is 6. The van der Waals surface area contributed by atoms with E-state index in [1.165, 1.54) is 6.92 Å². The standard InChI is InChI=1S/C23H22NO3/c1-19(25)27-18-23(26)24(21-13-7-3-8-14-21,22-15-9-4-10-16-22)17-20-11-5-2-6-12-20/h2-16H,17-18H2,1H3/q+1. The molecule has 3 rings (SSSR count). The van der Waals surface area contributed by atoms with Crippen LogP contribution < -0.4 is 4.48 Å². The lowest BCUT2D eigenvalue weighted by molar-refractivity contribution is -0.148. The van der Waals surface area contributed by atoms with Crippen LogP contribution in [0.25, 0.3) is 0 Å². The largest absolute Gasteiger partial charge is 0.451 e. The predicted octanol–water partition coefficient (Wildman–Crippen LogP) is 4.62. The number of para-hydroxylation sites is 2. The summed E-state index contributed by atoms with van der Waals surface area (Å²) in [6, 6.07) is 29.1. The van der Waals surface area contributed by atoms with Gasteiger partial charge in [0.05, 0.1) is 0 Å². The average molecular weight is 360 g/mol. The molecule has 27 heavy (non-hydrogen) atoms. The summed E-state index contributed by atoms with van der Waals surface area (Å²) in [7, 11) is 0. The molecule has 0 radical (unpaired) electrons. The van der Waals surface area contributed by atoms with Gasteiger partial charge in [0.15, 0.2) is 0 Å². The number of quaternary nitrogens is 1. The van der Waals surface area contributed by atoms with E-state index >= 15 is 0 Å². The molecular formula is C23H22NO3+. The van der Waals surface area contributed by atoms with Crippen LogP contribution >= 0.6 is 0 Å². The minimum atomic E-state index is -0.470. The van der Waals surface area contributed by atoms with Gasteiger partial charge in [-0.3, -0.25) is 4.79 Å². The average Bonchev–Trinajstić information content (AvgIpc) is 2.72. The smallest absolute Gasteiger partial charge is 0.361 e. The maximum atomic E-state index is 13.5. The van der Waals surface area contributed by atoms with Gasteiger partial charge in [0.1, 0.15) is 17.9 Å². The van der Waals surface area contributed by atoms with Crippen LogP contribution in [-0.2, 0) is 20.9 Å². The molecule has 0 fully saturated rings. The van der Waals surface area contributed by atoms with Crippen LogP contribution in [0, 0.1) is 0 Å². The van der Waals surface area contributed by atoms with E-state index < -0.39 is 5.97 Å². The number of carbonyl (C=O) groups excluding carboxylic acids is 2. The summed E-state index contributed by atoms with van der Waals surface area (Å²) in [6.07, 6.45) is 0. The van der Waals surface area contributed by atoms with Gasteiger partial charge >= 0.3 is 11.9 Å². The second-order valence-corrected chi connectivity index (χ2v) is 6.30. The normalized spacial score (nSPS) is 11.0. The first kappa shape index (κ1) is 18.5. The predicted molar refractivity (Wildman–Crippen MR) is 106 cm³/mol. The van der Waals surface area contributed by atoms with E-state index in [-0.39, 0.29) is 17.0 Å². The molecular weight excluding hydrogens is 338 g/mol. The van der Waals surface area contributed by atoms with Crippen LogP contribution in [0.2, 0.25) is 0 Å². The molecule has 0 unspecified atom stereocenters. The molecule has 3 aromatic carbocycles. The zero-order valence-electron chi connectivity index (χ0n) is 15.2. The van der Waals surface area contributed by atoms with Crippen LogP contribution in [0.4, 0.5) is 11.4 Å². The molecule has 0 bridgehead atoms. The third-order valence-electron chi connectivity index (χ3n) is 4.48. The van der Waals surface area contributed by atoms with Gasteiger partial charge in [0.25, 0.3) is 0 Å². The molecule has 4 nitrogen and oxygen atoms in total. The number of hydrogen-bond acceptors (Lipinski definition) is 3. The lowest BCUT2D eigenvalue weighted by Crippen LogP contribution is -2.51.